The molecule has 1 aromatic rings. The second-order valence-electron chi connectivity index (χ2n) is 4.09. The molecule has 1 atom stereocenters. The van der Waals surface area contributed by atoms with Crippen LogP contribution in [0.2, 0.25) is 0 Å². The van der Waals surface area contributed by atoms with E-state index in [1.54, 1.807) is 17.0 Å². The maximum Gasteiger partial charge on any atom is 0.289 e. The van der Waals surface area contributed by atoms with E-state index in [0.29, 0.717) is 31.3 Å². The lowest BCUT2D eigenvalue weighted by atomic mass is 10.1. The molecule has 0 aliphatic rings. The molecule has 1 unspecified atom stereocenters. The molecule has 1 aromatic heterocycles. The van der Waals surface area contributed by atoms with Crippen molar-refractivity contribution in [1.82, 2.24) is 4.90 Å². The lowest BCUT2D eigenvalue weighted by molar-refractivity contribution is 0.0710. The highest BCUT2D eigenvalue weighted by Gasteiger charge is 2.18. The molecule has 1 heterocycles. The van der Waals surface area contributed by atoms with E-state index < -0.39 is 0 Å². The van der Waals surface area contributed by atoms with Gasteiger partial charge < -0.3 is 15.1 Å². The van der Waals surface area contributed by atoms with E-state index in [0.717, 1.165) is 5.76 Å². The van der Waals surface area contributed by atoms with Crippen LogP contribution in [0.4, 0.5) is 0 Å². The van der Waals surface area contributed by atoms with Crippen molar-refractivity contribution in [1.29, 1.82) is 0 Å². The molecule has 4 heteroatoms. The van der Waals surface area contributed by atoms with Crippen LogP contribution in [-0.4, -0.2) is 30.4 Å². The van der Waals surface area contributed by atoms with E-state index >= 15 is 0 Å². The molecule has 1 rings (SSSR count). The van der Waals surface area contributed by atoms with Crippen LogP contribution in [0.5, 0.6) is 0 Å². The highest BCUT2D eigenvalue weighted by atomic mass is 16.3. The molecule has 0 aromatic carbocycles. The van der Waals surface area contributed by atoms with Crippen LogP contribution < -0.4 is 5.73 Å². The summed E-state index contributed by atoms with van der Waals surface area (Å²) in [5.41, 5.74) is 5.56. The fourth-order valence-electron chi connectivity index (χ4n) is 1.51. The summed E-state index contributed by atoms with van der Waals surface area (Å²) in [5.74, 6) is 1.41. The number of hydrogen-bond acceptors (Lipinski definition) is 3. The Hall–Kier alpha value is -1.29. The summed E-state index contributed by atoms with van der Waals surface area (Å²) in [5, 5.41) is 0. The third-order valence-corrected chi connectivity index (χ3v) is 2.55. The van der Waals surface area contributed by atoms with Gasteiger partial charge in [0, 0.05) is 13.1 Å². The maximum absolute atomic E-state index is 12.0. The quantitative estimate of drug-likeness (QED) is 0.827. The van der Waals surface area contributed by atoms with Gasteiger partial charge in [-0.3, -0.25) is 4.79 Å². The molecular weight excluding hydrogens is 204 g/mol. The summed E-state index contributed by atoms with van der Waals surface area (Å²) in [6.07, 6.45) is 0. The summed E-state index contributed by atoms with van der Waals surface area (Å²) in [6.45, 7) is 7.74. The van der Waals surface area contributed by atoms with Gasteiger partial charge in [-0.15, -0.1) is 0 Å². The van der Waals surface area contributed by atoms with Crippen molar-refractivity contribution in [2.24, 2.45) is 11.7 Å². The monoisotopic (exact) mass is 224 g/mol. The first-order valence-electron chi connectivity index (χ1n) is 5.64. The van der Waals surface area contributed by atoms with Crippen LogP contribution in [0.15, 0.2) is 16.5 Å². The van der Waals surface area contributed by atoms with Crippen molar-refractivity contribution >= 4 is 5.91 Å². The van der Waals surface area contributed by atoms with Crippen LogP contribution >= 0.6 is 0 Å². The number of aryl methyl sites for hydroxylation is 1. The molecule has 0 aliphatic carbocycles. The molecule has 0 fully saturated rings. The molecular formula is C12H20N2O2. The van der Waals surface area contributed by atoms with E-state index in [1.165, 1.54) is 0 Å². The molecule has 0 radical (unpaired) electrons. The first kappa shape index (κ1) is 12.8. The van der Waals surface area contributed by atoms with E-state index in [2.05, 4.69) is 0 Å². The second kappa shape index (κ2) is 5.70. The number of furan rings is 1. The number of amides is 1. The third-order valence-electron chi connectivity index (χ3n) is 2.55. The Balaban J connectivity index is 2.69. The highest BCUT2D eigenvalue weighted by Crippen LogP contribution is 2.11. The first-order chi connectivity index (χ1) is 7.58. The van der Waals surface area contributed by atoms with Crippen LogP contribution in [0.25, 0.3) is 0 Å². The molecule has 4 nitrogen and oxygen atoms in total. The predicted molar refractivity (Wildman–Crippen MR) is 63.2 cm³/mol. The van der Waals surface area contributed by atoms with Crippen molar-refractivity contribution in [3.8, 4) is 0 Å². The van der Waals surface area contributed by atoms with Gasteiger partial charge in [-0.05, 0) is 38.4 Å². The summed E-state index contributed by atoms with van der Waals surface area (Å²) in [7, 11) is 0. The molecule has 1 amide bonds. The molecule has 0 spiro atoms. The zero-order valence-electron chi connectivity index (χ0n) is 10.2. The zero-order valence-corrected chi connectivity index (χ0v) is 10.2. The van der Waals surface area contributed by atoms with Gasteiger partial charge in [-0.1, -0.05) is 6.92 Å². The summed E-state index contributed by atoms with van der Waals surface area (Å²) in [6, 6.07) is 3.51. The fourth-order valence-corrected chi connectivity index (χ4v) is 1.51. The van der Waals surface area contributed by atoms with Gasteiger partial charge in [0.15, 0.2) is 5.76 Å². The number of carbonyl (C=O) groups is 1. The van der Waals surface area contributed by atoms with Crippen molar-refractivity contribution < 1.29 is 9.21 Å². The Morgan fingerprint density at radius 2 is 2.25 bits per heavy atom. The summed E-state index contributed by atoms with van der Waals surface area (Å²) >= 11 is 0. The molecule has 0 saturated heterocycles. The van der Waals surface area contributed by atoms with Gasteiger partial charge >= 0.3 is 0 Å². The molecule has 90 valence electrons. The minimum Gasteiger partial charge on any atom is -0.456 e. The largest absolute Gasteiger partial charge is 0.456 e. The van der Waals surface area contributed by atoms with Crippen molar-refractivity contribution in [3.63, 3.8) is 0 Å². The Morgan fingerprint density at radius 1 is 1.56 bits per heavy atom. The van der Waals surface area contributed by atoms with Crippen molar-refractivity contribution in [2.45, 2.75) is 20.8 Å². The Bertz CT molecular complexity index is 347. The van der Waals surface area contributed by atoms with Crippen molar-refractivity contribution in [3.05, 3.63) is 23.7 Å². The average Bonchev–Trinajstić information content (AvgIpc) is 2.71. The molecule has 16 heavy (non-hydrogen) atoms. The van der Waals surface area contributed by atoms with Gasteiger partial charge in [-0.2, -0.15) is 0 Å². The SMILES string of the molecule is CCN(CC(C)CN)C(=O)c1ccc(C)o1. The van der Waals surface area contributed by atoms with E-state index in [1.807, 2.05) is 20.8 Å². The topological polar surface area (TPSA) is 59.5 Å². The molecule has 0 bridgehead atoms. The lowest BCUT2D eigenvalue weighted by Crippen LogP contribution is -2.36. The van der Waals surface area contributed by atoms with E-state index in [9.17, 15) is 4.79 Å². The molecule has 0 saturated carbocycles. The minimum atomic E-state index is -0.0594. The van der Waals surface area contributed by atoms with Gasteiger partial charge in [0.1, 0.15) is 5.76 Å². The Morgan fingerprint density at radius 3 is 2.69 bits per heavy atom. The number of rotatable bonds is 5. The number of carbonyl (C=O) groups excluding carboxylic acids is 1. The van der Waals surface area contributed by atoms with Gasteiger partial charge in [0.25, 0.3) is 5.91 Å². The Kier molecular flexibility index (Phi) is 4.55. The number of hydrogen-bond donors (Lipinski definition) is 1. The lowest BCUT2D eigenvalue weighted by Gasteiger charge is -2.22. The summed E-state index contributed by atoms with van der Waals surface area (Å²) in [4.78, 5) is 13.8. The second-order valence-corrected chi connectivity index (χ2v) is 4.09. The minimum absolute atomic E-state index is 0.0594. The normalized spacial score (nSPS) is 12.5. The van der Waals surface area contributed by atoms with Gasteiger partial charge in [-0.25, -0.2) is 0 Å². The highest BCUT2D eigenvalue weighted by molar-refractivity contribution is 5.91. The van der Waals surface area contributed by atoms with Crippen LogP contribution in [0.3, 0.4) is 0 Å². The average molecular weight is 224 g/mol. The van der Waals surface area contributed by atoms with Crippen molar-refractivity contribution in [2.75, 3.05) is 19.6 Å². The fraction of sp³-hybridized carbons (Fsp3) is 0.583. The van der Waals surface area contributed by atoms with E-state index in [4.69, 9.17) is 10.2 Å². The van der Waals surface area contributed by atoms with Crippen LogP contribution in [0, 0.1) is 12.8 Å². The predicted octanol–water partition coefficient (Wildman–Crippen LogP) is 1.64. The third kappa shape index (κ3) is 3.10. The molecule has 0 aliphatic heterocycles. The standard InChI is InChI=1S/C12H20N2O2/c1-4-14(8-9(2)7-13)12(15)11-6-5-10(3)16-11/h5-6,9H,4,7-8,13H2,1-3H3. The van der Waals surface area contributed by atoms with E-state index in [-0.39, 0.29) is 5.91 Å². The van der Waals surface area contributed by atoms with Gasteiger partial charge in [0.05, 0.1) is 0 Å². The van der Waals surface area contributed by atoms with Crippen LogP contribution in [-0.2, 0) is 0 Å². The first-order valence-corrected chi connectivity index (χ1v) is 5.64. The maximum atomic E-state index is 12.0. The zero-order chi connectivity index (χ0) is 12.1. The number of nitrogens with zero attached hydrogens (tertiary/aromatic N) is 1. The van der Waals surface area contributed by atoms with Gasteiger partial charge in [0.2, 0.25) is 0 Å². The smallest absolute Gasteiger partial charge is 0.289 e. The molecule has 2 N–H and O–H groups in total. The Labute approximate surface area is 96.4 Å². The summed E-state index contributed by atoms with van der Waals surface area (Å²) < 4.78 is 5.32. The number of nitrogens with two attached hydrogens (primary N) is 1. The van der Waals surface area contributed by atoms with Crippen LogP contribution in [0.1, 0.15) is 30.2 Å².